The van der Waals surface area contributed by atoms with Crippen LogP contribution in [0.2, 0.25) is 15.1 Å². The van der Waals surface area contributed by atoms with Crippen LogP contribution >= 0.6 is 34.8 Å². The normalized spacial score (nSPS) is 11.9. The molecule has 1 rings (SSSR count). The molecule has 0 saturated carbocycles. The fourth-order valence-electron chi connectivity index (χ4n) is 1.89. The summed E-state index contributed by atoms with van der Waals surface area (Å²) in [4.78, 5) is 0. The van der Waals surface area contributed by atoms with Crippen LogP contribution in [-0.4, -0.2) is 13.1 Å². The van der Waals surface area contributed by atoms with Gasteiger partial charge in [-0.3, -0.25) is 0 Å². The van der Waals surface area contributed by atoms with Crippen molar-refractivity contribution in [3.05, 3.63) is 32.8 Å². The van der Waals surface area contributed by atoms with E-state index in [1.54, 1.807) is 12.1 Å². The summed E-state index contributed by atoms with van der Waals surface area (Å²) in [5, 5.41) is 5.17. The highest BCUT2D eigenvalue weighted by molar-refractivity contribution is 6.39. The number of halogens is 3. The Morgan fingerprint density at radius 2 is 1.65 bits per heavy atom. The maximum absolute atomic E-state index is 6.24. The van der Waals surface area contributed by atoms with E-state index in [1.165, 1.54) is 0 Å². The molecule has 0 aromatic heterocycles. The van der Waals surface area contributed by atoms with Crippen LogP contribution in [0.4, 0.5) is 0 Å². The minimum Gasteiger partial charge on any atom is -0.317 e. The van der Waals surface area contributed by atoms with Gasteiger partial charge in [0.2, 0.25) is 0 Å². The zero-order valence-corrected chi connectivity index (χ0v) is 12.7. The average Bonchev–Trinajstić information content (AvgIpc) is 2.15. The van der Waals surface area contributed by atoms with E-state index in [1.807, 2.05) is 0 Å². The van der Waals surface area contributed by atoms with E-state index in [-0.39, 0.29) is 5.41 Å². The molecule has 0 aliphatic carbocycles. The molecule has 0 heterocycles. The molecular weight excluding hydrogens is 277 g/mol. The Balaban J connectivity index is 2.97. The second-order valence-electron chi connectivity index (χ2n) is 4.73. The van der Waals surface area contributed by atoms with Crippen LogP contribution in [0, 0.1) is 0 Å². The summed E-state index contributed by atoms with van der Waals surface area (Å²) in [5.41, 5.74) is 0.907. The van der Waals surface area contributed by atoms with Crippen LogP contribution < -0.4 is 5.32 Å². The lowest BCUT2D eigenvalue weighted by molar-refractivity contribution is 0.461. The highest BCUT2D eigenvalue weighted by atomic mass is 35.5. The summed E-state index contributed by atoms with van der Waals surface area (Å²) >= 11 is 18.4. The Hall–Kier alpha value is 0.0500. The molecular formula is C13H18Cl3N. The SMILES string of the molecule is CCNCCC(C)(C)c1c(Cl)cc(Cl)cc1Cl. The third-order valence-corrected chi connectivity index (χ3v) is 3.67. The summed E-state index contributed by atoms with van der Waals surface area (Å²) in [7, 11) is 0. The molecule has 0 atom stereocenters. The van der Waals surface area contributed by atoms with Gasteiger partial charge in [-0.15, -0.1) is 0 Å². The van der Waals surface area contributed by atoms with Crippen LogP contribution in [0.3, 0.4) is 0 Å². The van der Waals surface area contributed by atoms with Crippen LogP contribution in [0.5, 0.6) is 0 Å². The van der Waals surface area contributed by atoms with Gasteiger partial charge in [0.25, 0.3) is 0 Å². The highest BCUT2D eigenvalue weighted by Gasteiger charge is 2.26. The fraction of sp³-hybridized carbons (Fsp3) is 0.538. The average molecular weight is 295 g/mol. The third kappa shape index (κ3) is 4.03. The summed E-state index contributed by atoms with van der Waals surface area (Å²) in [6.07, 6.45) is 0.974. The van der Waals surface area contributed by atoms with E-state index >= 15 is 0 Å². The van der Waals surface area contributed by atoms with Gasteiger partial charge in [0.1, 0.15) is 0 Å². The molecule has 96 valence electrons. The molecule has 1 nitrogen and oxygen atoms in total. The molecule has 0 aliphatic heterocycles. The maximum atomic E-state index is 6.24. The fourth-order valence-corrected chi connectivity index (χ4v) is 3.22. The lowest BCUT2D eigenvalue weighted by atomic mass is 9.81. The predicted molar refractivity (Wildman–Crippen MR) is 77.7 cm³/mol. The Labute approximate surface area is 118 Å². The van der Waals surface area contributed by atoms with Crippen molar-refractivity contribution in [2.24, 2.45) is 0 Å². The molecule has 0 radical (unpaired) electrons. The molecule has 0 spiro atoms. The molecule has 1 aromatic rings. The van der Waals surface area contributed by atoms with Crippen molar-refractivity contribution in [1.82, 2.24) is 5.32 Å². The zero-order chi connectivity index (χ0) is 13.1. The van der Waals surface area contributed by atoms with Crippen LogP contribution in [0.25, 0.3) is 0 Å². The van der Waals surface area contributed by atoms with Gasteiger partial charge in [0.05, 0.1) is 0 Å². The number of nitrogens with one attached hydrogen (secondary N) is 1. The standard InChI is InChI=1S/C13H18Cl3N/c1-4-17-6-5-13(2,3)12-10(15)7-9(14)8-11(12)16/h7-8,17H,4-6H2,1-3H3. The van der Waals surface area contributed by atoms with Crippen molar-refractivity contribution in [2.75, 3.05) is 13.1 Å². The lowest BCUT2D eigenvalue weighted by Crippen LogP contribution is -2.26. The smallest absolute Gasteiger partial charge is 0.0473 e. The molecule has 4 heteroatoms. The quantitative estimate of drug-likeness (QED) is 0.760. The first-order valence-corrected chi connectivity index (χ1v) is 6.87. The maximum Gasteiger partial charge on any atom is 0.0473 e. The summed E-state index contributed by atoms with van der Waals surface area (Å²) < 4.78 is 0. The Morgan fingerprint density at radius 1 is 1.12 bits per heavy atom. The van der Waals surface area contributed by atoms with Crippen molar-refractivity contribution in [2.45, 2.75) is 32.6 Å². The van der Waals surface area contributed by atoms with Gasteiger partial charge in [-0.2, -0.15) is 0 Å². The van der Waals surface area contributed by atoms with Gasteiger partial charge in [0, 0.05) is 15.1 Å². The lowest BCUT2D eigenvalue weighted by Gasteiger charge is -2.27. The van der Waals surface area contributed by atoms with Crippen LogP contribution in [0.15, 0.2) is 12.1 Å². The van der Waals surface area contributed by atoms with Crippen LogP contribution in [-0.2, 0) is 5.41 Å². The number of benzene rings is 1. The summed E-state index contributed by atoms with van der Waals surface area (Å²) in [6, 6.07) is 3.50. The van der Waals surface area contributed by atoms with Crippen molar-refractivity contribution in [3.63, 3.8) is 0 Å². The monoisotopic (exact) mass is 293 g/mol. The molecule has 0 bridgehead atoms. The van der Waals surface area contributed by atoms with Crippen molar-refractivity contribution in [1.29, 1.82) is 0 Å². The van der Waals surface area contributed by atoms with E-state index < -0.39 is 0 Å². The van der Waals surface area contributed by atoms with Gasteiger partial charge in [-0.1, -0.05) is 55.6 Å². The zero-order valence-electron chi connectivity index (χ0n) is 10.4. The molecule has 0 saturated heterocycles. The van der Waals surface area contributed by atoms with Gasteiger partial charge in [0.15, 0.2) is 0 Å². The Kier molecular flexibility index (Phi) is 5.59. The summed E-state index contributed by atoms with van der Waals surface area (Å²) in [6.45, 7) is 8.29. The topological polar surface area (TPSA) is 12.0 Å². The van der Waals surface area contributed by atoms with E-state index in [4.69, 9.17) is 34.8 Å². The molecule has 0 unspecified atom stereocenters. The first-order valence-electron chi connectivity index (χ1n) is 5.74. The van der Waals surface area contributed by atoms with E-state index in [0.29, 0.717) is 15.1 Å². The molecule has 17 heavy (non-hydrogen) atoms. The first kappa shape index (κ1) is 15.1. The van der Waals surface area contributed by atoms with Crippen molar-refractivity contribution in [3.8, 4) is 0 Å². The van der Waals surface area contributed by atoms with Crippen LogP contribution in [0.1, 0.15) is 32.8 Å². The van der Waals surface area contributed by atoms with E-state index in [0.717, 1.165) is 25.1 Å². The minimum atomic E-state index is -0.0685. The van der Waals surface area contributed by atoms with E-state index in [9.17, 15) is 0 Å². The second-order valence-corrected chi connectivity index (χ2v) is 5.98. The number of hydrogen-bond donors (Lipinski definition) is 1. The Bertz CT molecular complexity index is 365. The Morgan fingerprint density at radius 3 is 2.12 bits per heavy atom. The first-order chi connectivity index (χ1) is 7.88. The molecule has 0 aliphatic rings. The number of rotatable bonds is 5. The molecule has 0 amide bonds. The minimum absolute atomic E-state index is 0.0685. The van der Waals surface area contributed by atoms with Gasteiger partial charge >= 0.3 is 0 Å². The molecule has 1 N–H and O–H groups in total. The van der Waals surface area contributed by atoms with Crippen molar-refractivity contribution < 1.29 is 0 Å². The predicted octanol–water partition coefficient (Wildman–Crippen LogP) is 4.92. The largest absolute Gasteiger partial charge is 0.317 e. The molecule has 1 aromatic carbocycles. The summed E-state index contributed by atoms with van der Waals surface area (Å²) in [5.74, 6) is 0. The van der Waals surface area contributed by atoms with Gasteiger partial charge < -0.3 is 5.32 Å². The highest BCUT2D eigenvalue weighted by Crippen LogP contribution is 2.39. The van der Waals surface area contributed by atoms with Crippen molar-refractivity contribution >= 4 is 34.8 Å². The second kappa shape index (κ2) is 6.29. The van der Waals surface area contributed by atoms with Gasteiger partial charge in [-0.05, 0) is 42.6 Å². The van der Waals surface area contributed by atoms with E-state index in [2.05, 4.69) is 26.1 Å². The number of hydrogen-bond acceptors (Lipinski definition) is 1. The third-order valence-electron chi connectivity index (χ3n) is 2.86. The van der Waals surface area contributed by atoms with Gasteiger partial charge in [-0.25, -0.2) is 0 Å². The molecule has 0 fully saturated rings.